The smallest absolute Gasteiger partial charge is 0.129 e. The largest absolute Gasteiger partial charge is 0.467 e. The third-order valence-corrected chi connectivity index (χ3v) is 4.38. The fourth-order valence-corrected chi connectivity index (χ4v) is 2.94. The van der Waals surface area contributed by atoms with Gasteiger partial charge in [0.25, 0.3) is 0 Å². The molecule has 0 bridgehead atoms. The molecule has 1 atom stereocenters. The van der Waals surface area contributed by atoms with E-state index in [1.807, 2.05) is 12.1 Å². The lowest BCUT2D eigenvalue weighted by atomic mass is 9.81. The van der Waals surface area contributed by atoms with Crippen LogP contribution in [0, 0.1) is 11.8 Å². The summed E-state index contributed by atoms with van der Waals surface area (Å²) in [6.07, 6.45) is 7.92. The Balaban J connectivity index is 1.44. The van der Waals surface area contributed by atoms with Crippen molar-refractivity contribution in [3.63, 3.8) is 0 Å². The molecule has 0 aromatic carbocycles. The van der Waals surface area contributed by atoms with Crippen molar-refractivity contribution < 1.29 is 14.3 Å². The summed E-state index contributed by atoms with van der Waals surface area (Å²) in [7, 11) is 0. The fraction of sp³-hybridized carbons (Fsp3) is 0.765. The summed E-state index contributed by atoms with van der Waals surface area (Å²) in [5, 5.41) is 13.2. The van der Waals surface area contributed by atoms with E-state index in [4.69, 9.17) is 9.15 Å². The molecule has 4 nitrogen and oxygen atoms in total. The molecule has 1 aromatic rings. The lowest BCUT2D eigenvalue weighted by molar-refractivity contribution is 0.0226. The molecule has 21 heavy (non-hydrogen) atoms. The van der Waals surface area contributed by atoms with Crippen LogP contribution in [0.1, 0.15) is 44.8 Å². The van der Waals surface area contributed by atoms with Crippen LogP contribution >= 0.6 is 0 Å². The lowest BCUT2D eigenvalue weighted by Crippen LogP contribution is -2.32. The molecule has 2 rings (SSSR count). The Morgan fingerprint density at radius 1 is 1.38 bits per heavy atom. The molecule has 0 radical (unpaired) electrons. The van der Waals surface area contributed by atoms with Gasteiger partial charge >= 0.3 is 0 Å². The Hall–Kier alpha value is -0.840. The second-order valence-corrected chi connectivity index (χ2v) is 6.37. The summed E-state index contributed by atoms with van der Waals surface area (Å²) < 4.78 is 10.6. The van der Waals surface area contributed by atoms with E-state index in [-0.39, 0.29) is 0 Å². The van der Waals surface area contributed by atoms with E-state index >= 15 is 0 Å². The zero-order chi connectivity index (χ0) is 14.9. The van der Waals surface area contributed by atoms with Crippen LogP contribution in [0.3, 0.4) is 0 Å². The number of aliphatic hydroxyl groups excluding tert-OH is 1. The monoisotopic (exact) mass is 295 g/mol. The third-order valence-electron chi connectivity index (χ3n) is 4.38. The van der Waals surface area contributed by atoms with Crippen molar-refractivity contribution in [1.82, 2.24) is 5.32 Å². The van der Waals surface area contributed by atoms with Crippen LogP contribution in [0.25, 0.3) is 0 Å². The van der Waals surface area contributed by atoms with Crippen molar-refractivity contribution in [2.75, 3.05) is 19.7 Å². The number of furan rings is 1. The van der Waals surface area contributed by atoms with Crippen LogP contribution in [0.15, 0.2) is 22.8 Å². The molecular weight excluding hydrogens is 266 g/mol. The molecule has 4 heteroatoms. The van der Waals surface area contributed by atoms with Crippen LogP contribution in [0.2, 0.25) is 0 Å². The van der Waals surface area contributed by atoms with Crippen LogP contribution in [0.5, 0.6) is 0 Å². The lowest BCUT2D eigenvalue weighted by Gasteiger charge is -2.26. The van der Waals surface area contributed by atoms with Crippen molar-refractivity contribution in [2.24, 2.45) is 11.8 Å². The molecule has 0 amide bonds. The van der Waals surface area contributed by atoms with Crippen LogP contribution in [-0.4, -0.2) is 30.9 Å². The zero-order valence-corrected chi connectivity index (χ0v) is 13.1. The Labute approximate surface area is 127 Å². The van der Waals surface area contributed by atoms with Crippen molar-refractivity contribution in [1.29, 1.82) is 0 Å². The molecule has 1 saturated carbocycles. The minimum Gasteiger partial charge on any atom is -0.467 e. The number of aliphatic hydroxyl groups is 1. The standard InChI is InChI=1S/C17H29NO3/c1-14-4-6-15(7-5-14)8-9-18-11-16(19)12-20-13-17-3-2-10-21-17/h2-3,10,14-16,18-19H,4-9,11-13H2,1H3. The normalized spacial score (nSPS) is 24.1. The highest BCUT2D eigenvalue weighted by Crippen LogP contribution is 2.29. The predicted octanol–water partition coefficient (Wildman–Crippen LogP) is 2.96. The maximum atomic E-state index is 9.83. The van der Waals surface area contributed by atoms with Gasteiger partial charge in [0, 0.05) is 6.54 Å². The average Bonchev–Trinajstić information content (AvgIpc) is 2.99. The molecule has 1 unspecified atom stereocenters. The number of hydrogen-bond donors (Lipinski definition) is 2. The second kappa shape index (κ2) is 9.23. The van der Waals surface area contributed by atoms with Gasteiger partial charge in [-0.25, -0.2) is 0 Å². The van der Waals surface area contributed by atoms with E-state index in [2.05, 4.69) is 12.2 Å². The molecule has 1 fully saturated rings. The van der Waals surface area contributed by atoms with Gasteiger partial charge in [-0.1, -0.05) is 32.6 Å². The van der Waals surface area contributed by atoms with Crippen molar-refractivity contribution in [3.05, 3.63) is 24.2 Å². The quantitative estimate of drug-likeness (QED) is 0.688. The van der Waals surface area contributed by atoms with E-state index < -0.39 is 6.10 Å². The molecule has 0 aliphatic heterocycles. The van der Waals surface area contributed by atoms with Crippen LogP contribution in [-0.2, 0) is 11.3 Å². The van der Waals surface area contributed by atoms with E-state index in [9.17, 15) is 5.11 Å². The molecule has 1 aliphatic carbocycles. The molecular formula is C17H29NO3. The Morgan fingerprint density at radius 3 is 2.90 bits per heavy atom. The van der Waals surface area contributed by atoms with Crippen molar-refractivity contribution in [3.8, 4) is 0 Å². The number of ether oxygens (including phenoxy) is 1. The summed E-state index contributed by atoms with van der Waals surface area (Å²) in [6.45, 7) is 4.71. The molecule has 120 valence electrons. The Morgan fingerprint density at radius 2 is 2.19 bits per heavy atom. The van der Waals surface area contributed by atoms with Crippen LogP contribution in [0.4, 0.5) is 0 Å². The first-order valence-corrected chi connectivity index (χ1v) is 8.23. The van der Waals surface area contributed by atoms with Crippen molar-refractivity contribution in [2.45, 2.75) is 51.7 Å². The minimum atomic E-state index is -0.452. The van der Waals surface area contributed by atoms with Gasteiger partial charge in [-0.3, -0.25) is 0 Å². The van der Waals surface area contributed by atoms with Gasteiger partial charge in [-0.05, 0) is 36.9 Å². The number of hydrogen-bond acceptors (Lipinski definition) is 4. The highest BCUT2D eigenvalue weighted by Gasteiger charge is 2.17. The first kappa shape index (κ1) is 16.5. The van der Waals surface area contributed by atoms with Gasteiger partial charge in [-0.15, -0.1) is 0 Å². The molecule has 0 saturated heterocycles. The van der Waals surface area contributed by atoms with E-state index in [1.165, 1.54) is 32.1 Å². The first-order chi connectivity index (χ1) is 10.2. The van der Waals surface area contributed by atoms with Gasteiger partial charge < -0.3 is 19.6 Å². The van der Waals surface area contributed by atoms with Gasteiger partial charge in [0.2, 0.25) is 0 Å². The number of rotatable bonds is 9. The Bertz CT molecular complexity index is 358. The maximum Gasteiger partial charge on any atom is 0.129 e. The molecule has 0 spiro atoms. The van der Waals surface area contributed by atoms with Gasteiger partial charge in [0.05, 0.1) is 19.0 Å². The average molecular weight is 295 g/mol. The van der Waals surface area contributed by atoms with E-state index in [0.717, 1.165) is 24.1 Å². The maximum absolute atomic E-state index is 9.83. The summed E-state index contributed by atoms with van der Waals surface area (Å²) in [5.74, 6) is 2.59. The van der Waals surface area contributed by atoms with Crippen LogP contribution < -0.4 is 5.32 Å². The fourth-order valence-electron chi connectivity index (χ4n) is 2.94. The van der Waals surface area contributed by atoms with E-state index in [0.29, 0.717) is 19.8 Å². The van der Waals surface area contributed by atoms with Gasteiger partial charge in [0.1, 0.15) is 12.4 Å². The third kappa shape index (κ3) is 6.64. The second-order valence-electron chi connectivity index (χ2n) is 6.37. The van der Waals surface area contributed by atoms with Crippen molar-refractivity contribution >= 4 is 0 Å². The summed E-state index contributed by atoms with van der Waals surface area (Å²) in [5.41, 5.74) is 0. The highest BCUT2D eigenvalue weighted by atomic mass is 16.5. The highest BCUT2D eigenvalue weighted by molar-refractivity contribution is 4.96. The number of nitrogens with one attached hydrogen (secondary N) is 1. The molecule has 1 heterocycles. The molecule has 1 aromatic heterocycles. The van der Waals surface area contributed by atoms with Gasteiger partial charge in [-0.2, -0.15) is 0 Å². The summed E-state index contributed by atoms with van der Waals surface area (Å²) >= 11 is 0. The topological polar surface area (TPSA) is 54.6 Å². The molecule has 2 N–H and O–H groups in total. The predicted molar refractivity (Wildman–Crippen MR) is 83.0 cm³/mol. The summed E-state index contributed by atoms with van der Waals surface area (Å²) in [6, 6.07) is 3.71. The SMILES string of the molecule is CC1CCC(CCNCC(O)COCc2ccco2)CC1. The molecule has 1 aliphatic rings. The van der Waals surface area contributed by atoms with E-state index in [1.54, 1.807) is 6.26 Å². The Kier molecular flexibility index (Phi) is 7.27. The van der Waals surface area contributed by atoms with Gasteiger partial charge in [0.15, 0.2) is 0 Å². The summed E-state index contributed by atoms with van der Waals surface area (Å²) in [4.78, 5) is 0. The minimum absolute atomic E-state index is 0.342. The zero-order valence-electron chi connectivity index (χ0n) is 13.1. The first-order valence-electron chi connectivity index (χ1n) is 8.23.